The predicted molar refractivity (Wildman–Crippen MR) is 90.1 cm³/mol. The Balaban J connectivity index is 1.88. The molecule has 25 heavy (non-hydrogen) atoms. The number of nitrogens with zero attached hydrogens (tertiary/aromatic N) is 3. The van der Waals surface area contributed by atoms with Crippen LogP contribution in [-0.4, -0.2) is 25.5 Å². The summed E-state index contributed by atoms with van der Waals surface area (Å²) in [5, 5.41) is 12.7. The van der Waals surface area contributed by atoms with E-state index in [1.807, 2.05) is 0 Å². The summed E-state index contributed by atoms with van der Waals surface area (Å²) in [5.41, 5.74) is 1.40. The Labute approximate surface area is 145 Å². The maximum Gasteiger partial charge on any atom is 0.320 e. The number of benzene rings is 1. The van der Waals surface area contributed by atoms with Gasteiger partial charge in [-0.05, 0) is 31.5 Å². The number of rotatable bonds is 4. The van der Waals surface area contributed by atoms with Crippen LogP contribution >= 0.6 is 11.3 Å². The summed E-state index contributed by atoms with van der Waals surface area (Å²) in [5.74, 6) is -0.585. The smallest absolute Gasteiger partial charge is 0.320 e. The van der Waals surface area contributed by atoms with Gasteiger partial charge in [-0.1, -0.05) is 17.4 Å². The zero-order chi connectivity index (χ0) is 18.1. The first-order valence-electron chi connectivity index (χ1n) is 7.26. The van der Waals surface area contributed by atoms with Crippen molar-refractivity contribution in [3.05, 3.63) is 47.4 Å². The summed E-state index contributed by atoms with van der Waals surface area (Å²) in [7, 11) is 0. The standard InChI is InChI=1S/C16H14F2N4O2S/c1-8-3-4-10(11(23)7-8)14(24)21-16-20-9(2)12(25-16)13-19-5-6-22(13)15(17)18/h3-7,15,23H,1-2H3,(H,20,21,24). The molecule has 9 heteroatoms. The van der Waals surface area contributed by atoms with E-state index in [4.69, 9.17) is 0 Å². The lowest BCUT2D eigenvalue weighted by Crippen LogP contribution is -2.11. The SMILES string of the molecule is Cc1ccc(C(=O)Nc2nc(C)c(-c3nccn3C(F)F)s2)c(O)c1. The van der Waals surface area contributed by atoms with E-state index in [9.17, 15) is 18.7 Å². The number of imidazole rings is 1. The predicted octanol–water partition coefficient (Wildman–Crippen LogP) is 3.98. The van der Waals surface area contributed by atoms with Gasteiger partial charge in [-0.2, -0.15) is 8.78 Å². The second-order valence-electron chi connectivity index (χ2n) is 5.34. The summed E-state index contributed by atoms with van der Waals surface area (Å²) in [6, 6.07) is 4.68. The van der Waals surface area contributed by atoms with Gasteiger partial charge in [0.1, 0.15) is 5.75 Å². The maximum atomic E-state index is 13.0. The number of carbonyl (C=O) groups is 1. The number of nitrogens with one attached hydrogen (secondary N) is 1. The van der Waals surface area contributed by atoms with Crippen LogP contribution in [0, 0.1) is 13.8 Å². The van der Waals surface area contributed by atoms with Gasteiger partial charge in [0.25, 0.3) is 5.91 Å². The lowest BCUT2D eigenvalue weighted by Gasteiger charge is -2.05. The number of amides is 1. The number of halogens is 2. The van der Waals surface area contributed by atoms with Crippen LogP contribution < -0.4 is 5.32 Å². The maximum absolute atomic E-state index is 13.0. The largest absolute Gasteiger partial charge is 0.507 e. The number of thiazole rings is 1. The second kappa shape index (κ2) is 6.60. The molecule has 0 unspecified atom stereocenters. The summed E-state index contributed by atoms with van der Waals surface area (Å²) in [6.07, 6.45) is 2.46. The fourth-order valence-corrected chi connectivity index (χ4v) is 3.26. The van der Waals surface area contributed by atoms with Crippen molar-refractivity contribution >= 4 is 22.4 Å². The van der Waals surface area contributed by atoms with Gasteiger partial charge in [0.05, 0.1) is 16.1 Å². The lowest BCUT2D eigenvalue weighted by molar-refractivity contribution is 0.0720. The first-order chi connectivity index (χ1) is 11.9. The summed E-state index contributed by atoms with van der Waals surface area (Å²) < 4.78 is 26.7. The van der Waals surface area contributed by atoms with Crippen LogP contribution in [0.2, 0.25) is 0 Å². The van der Waals surface area contributed by atoms with E-state index >= 15 is 0 Å². The highest BCUT2D eigenvalue weighted by Crippen LogP contribution is 2.34. The molecule has 0 aliphatic carbocycles. The highest BCUT2D eigenvalue weighted by Gasteiger charge is 2.20. The third-order valence-corrected chi connectivity index (χ3v) is 4.57. The van der Waals surface area contributed by atoms with Gasteiger partial charge >= 0.3 is 6.55 Å². The Morgan fingerprint density at radius 1 is 1.36 bits per heavy atom. The van der Waals surface area contributed by atoms with Crippen LogP contribution in [-0.2, 0) is 0 Å². The number of hydrogen-bond acceptors (Lipinski definition) is 5. The Bertz CT molecular complexity index is 936. The molecule has 0 radical (unpaired) electrons. The fourth-order valence-electron chi connectivity index (χ4n) is 2.30. The van der Waals surface area contributed by atoms with Crippen LogP contribution in [0.15, 0.2) is 30.6 Å². The topological polar surface area (TPSA) is 80.0 Å². The Morgan fingerprint density at radius 2 is 2.12 bits per heavy atom. The lowest BCUT2D eigenvalue weighted by atomic mass is 10.1. The van der Waals surface area contributed by atoms with Gasteiger partial charge in [0.2, 0.25) is 0 Å². The average Bonchev–Trinajstić information content (AvgIpc) is 3.13. The zero-order valence-corrected chi connectivity index (χ0v) is 14.1. The van der Waals surface area contributed by atoms with Gasteiger partial charge in [-0.25, -0.2) is 9.97 Å². The molecular formula is C16H14F2N4O2S. The highest BCUT2D eigenvalue weighted by molar-refractivity contribution is 7.19. The van der Waals surface area contributed by atoms with Crippen molar-refractivity contribution in [2.45, 2.75) is 20.4 Å². The third-order valence-electron chi connectivity index (χ3n) is 3.50. The van der Waals surface area contributed by atoms with Crippen molar-refractivity contribution in [3.63, 3.8) is 0 Å². The molecule has 6 nitrogen and oxygen atoms in total. The highest BCUT2D eigenvalue weighted by atomic mass is 32.1. The molecule has 0 bridgehead atoms. The van der Waals surface area contributed by atoms with Gasteiger partial charge in [-0.3, -0.25) is 14.7 Å². The normalized spacial score (nSPS) is 11.1. The Kier molecular flexibility index (Phi) is 4.49. The van der Waals surface area contributed by atoms with Gasteiger partial charge < -0.3 is 5.11 Å². The molecule has 3 aromatic rings. The number of phenolic OH excluding ortho intramolecular Hbond substituents is 1. The zero-order valence-electron chi connectivity index (χ0n) is 13.3. The van der Waals surface area contributed by atoms with Crippen molar-refractivity contribution in [1.82, 2.24) is 14.5 Å². The van der Waals surface area contributed by atoms with E-state index in [-0.39, 0.29) is 22.3 Å². The van der Waals surface area contributed by atoms with E-state index in [1.54, 1.807) is 19.9 Å². The molecule has 2 aromatic heterocycles. The third kappa shape index (κ3) is 3.36. The Morgan fingerprint density at radius 3 is 2.80 bits per heavy atom. The van der Waals surface area contributed by atoms with Gasteiger partial charge in [0, 0.05) is 12.4 Å². The molecule has 2 heterocycles. The number of anilines is 1. The molecule has 0 spiro atoms. The first-order valence-corrected chi connectivity index (χ1v) is 8.08. The average molecular weight is 364 g/mol. The minimum Gasteiger partial charge on any atom is -0.507 e. The molecule has 0 aliphatic heterocycles. The van der Waals surface area contributed by atoms with Crippen LogP contribution in [0.25, 0.3) is 10.7 Å². The molecule has 130 valence electrons. The van der Waals surface area contributed by atoms with Crippen molar-refractivity contribution < 1.29 is 18.7 Å². The number of alkyl halides is 2. The number of aryl methyl sites for hydroxylation is 2. The molecular weight excluding hydrogens is 350 g/mol. The van der Waals surface area contributed by atoms with E-state index in [1.165, 1.54) is 24.5 Å². The minimum absolute atomic E-state index is 0.0867. The first kappa shape index (κ1) is 17.0. The molecule has 0 fully saturated rings. The number of phenols is 1. The molecule has 0 saturated heterocycles. The molecule has 2 N–H and O–H groups in total. The van der Waals surface area contributed by atoms with Crippen LogP contribution in [0.3, 0.4) is 0 Å². The second-order valence-corrected chi connectivity index (χ2v) is 6.34. The molecule has 3 rings (SSSR count). The quantitative estimate of drug-likeness (QED) is 0.734. The van der Waals surface area contributed by atoms with Crippen molar-refractivity contribution in [3.8, 4) is 16.5 Å². The van der Waals surface area contributed by atoms with Crippen LogP contribution in [0.4, 0.5) is 13.9 Å². The van der Waals surface area contributed by atoms with Gasteiger partial charge in [0.15, 0.2) is 11.0 Å². The summed E-state index contributed by atoms with van der Waals surface area (Å²) in [6.45, 7) is 0.722. The van der Waals surface area contributed by atoms with Crippen LogP contribution in [0.5, 0.6) is 5.75 Å². The molecule has 1 aromatic carbocycles. The van der Waals surface area contributed by atoms with Crippen molar-refractivity contribution in [2.24, 2.45) is 0 Å². The summed E-state index contributed by atoms with van der Waals surface area (Å²) in [4.78, 5) is 20.9. The van der Waals surface area contributed by atoms with E-state index in [0.717, 1.165) is 21.5 Å². The minimum atomic E-state index is -2.72. The van der Waals surface area contributed by atoms with Gasteiger partial charge in [-0.15, -0.1) is 0 Å². The van der Waals surface area contributed by atoms with E-state index < -0.39 is 12.5 Å². The molecule has 1 amide bonds. The van der Waals surface area contributed by atoms with Crippen molar-refractivity contribution in [1.29, 1.82) is 0 Å². The van der Waals surface area contributed by atoms with Crippen LogP contribution in [0.1, 0.15) is 28.2 Å². The number of hydrogen-bond donors (Lipinski definition) is 2. The fraction of sp³-hybridized carbons (Fsp3) is 0.188. The van der Waals surface area contributed by atoms with E-state index in [0.29, 0.717) is 10.6 Å². The number of aromatic nitrogens is 3. The monoisotopic (exact) mass is 364 g/mol. The van der Waals surface area contributed by atoms with Crippen molar-refractivity contribution in [2.75, 3.05) is 5.32 Å². The molecule has 0 saturated carbocycles. The number of aromatic hydroxyl groups is 1. The number of carbonyl (C=O) groups excluding carboxylic acids is 1. The molecule has 0 atom stereocenters. The summed E-state index contributed by atoms with van der Waals surface area (Å²) >= 11 is 1.04. The molecule has 0 aliphatic rings. The van der Waals surface area contributed by atoms with E-state index in [2.05, 4.69) is 15.3 Å². The Hall–Kier alpha value is -2.81.